The van der Waals surface area contributed by atoms with Gasteiger partial charge in [-0.25, -0.2) is 0 Å². The summed E-state index contributed by atoms with van der Waals surface area (Å²) in [5.74, 6) is 0.465. The zero-order valence-corrected chi connectivity index (χ0v) is 13.0. The highest BCUT2D eigenvalue weighted by atomic mass is 16.7. The Balaban J connectivity index is 1.70. The zero-order chi connectivity index (χ0) is 16.2. The first-order chi connectivity index (χ1) is 11.2. The summed E-state index contributed by atoms with van der Waals surface area (Å²) >= 11 is 0. The van der Waals surface area contributed by atoms with Gasteiger partial charge in [-0.05, 0) is 6.07 Å². The molecule has 2 saturated heterocycles. The van der Waals surface area contributed by atoms with Gasteiger partial charge in [0.2, 0.25) is 11.8 Å². The van der Waals surface area contributed by atoms with Crippen LogP contribution in [0.5, 0.6) is 5.75 Å². The minimum atomic E-state index is -0.346. The summed E-state index contributed by atoms with van der Waals surface area (Å²) in [5.41, 5.74) is 1.77. The standard InChI is InChI=1S/C17H19NO5/c1-21-14-11-13(17-22-9-10-23-17)5-4-12(14)3-2-8-18-15(19)6-7-16(18)20/h2-5,11,17H,6-10H2,1H3. The third-order valence-corrected chi connectivity index (χ3v) is 3.89. The number of nitrogens with zero attached hydrogens (tertiary/aromatic N) is 1. The fraction of sp³-hybridized carbons (Fsp3) is 0.412. The fourth-order valence-electron chi connectivity index (χ4n) is 2.67. The van der Waals surface area contributed by atoms with Gasteiger partial charge in [-0.15, -0.1) is 0 Å². The summed E-state index contributed by atoms with van der Waals surface area (Å²) in [6.45, 7) is 1.47. The van der Waals surface area contributed by atoms with Crippen molar-refractivity contribution >= 4 is 17.9 Å². The van der Waals surface area contributed by atoms with Gasteiger partial charge in [0, 0.05) is 30.5 Å². The number of imide groups is 1. The second-order valence-corrected chi connectivity index (χ2v) is 5.38. The molecule has 0 spiro atoms. The molecule has 6 heteroatoms. The highest BCUT2D eigenvalue weighted by Gasteiger charge is 2.27. The number of ether oxygens (including phenoxy) is 3. The lowest BCUT2D eigenvalue weighted by Gasteiger charge is -2.13. The molecule has 122 valence electrons. The fourth-order valence-corrected chi connectivity index (χ4v) is 2.67. The smallest absolute Gasteiger partial charge is 0.229 e. The Morgan fingerprint density at radius 3 is 2.57 bits per heavy atom. The maximum Gasteiger partial charge on any atom is 0.229 e. The van der Waals surface area contributed by atoms with Crippen molar-refractivity contribution in [2.45, 2.75) is 19.1 Å². The van der Waals surface area contributed by atoms with Crippen molar-refractivity contribution in [3.05, 3.63) is 35.4 Å². The highest BCUT2D eigenvalue weighted by molar-refractivity contribution is 6.02. The first-order valence-corrected chi connectivity index (χ1v) is 7.60. The number of amides is 2. The molecular formula is C17H19NO5. The van der Waals surface area contributed by atoms with Crippen molar-refractivity contribution in [2.24, 2.45) is 0 Å². The van der Waals surface area contributed by atoms with Crippen molar-refractivity contribution in [3.63, 3.8) is 0 Å². The van der Waals surface area contributed by atoms with E-state index in [1.807, 2.05) is 24.3 Å². The molecule has 2 heterocycles. The van der Waals surface area contributed by atoms with E-state index in [1.165, 1.54) is 4.90 Å². The van der Waals surface area contributed by atoms with Gasteiger partial charge in [-0.2, -0.15) is 0 Å². The van der Waals surface area contributed by atoms with Crippen LogP contribution in [0.2, 0.25) is 0 Å². The number of hydrogen-bond acceptors (Lipinski definition) is 5. The normalized spacial score (nSPS) is 19.3. The van der Waals surface area contributed by atoms with E-state index in [0.717, 1.165) is 11.1 Å². The second-order valence-electron chi connectivity index (χ2n) is 5.38. The molecule has 2 fully saturated rings. The molecule has 1 aromatic rings. The third-order valence-electron chi connectivity index (χ3n) is 3.89. The van der Waals surface area contributed by atoms with Crippen LogP contribution in [0.25, 0.3) is 6.08 Å². The Morgan fingerprint density at radius 2 is 1.91 bits per heavy atom. The third kappa shape index (κ3) is 3.43. The summed E-state index contributed by atoms with van der Waals surface area (Å²) in [4.78, 5) is 24.4. The Morgan fingerprint density at radius 1 is 1.22 bits per heavy atom. The van der Waals surface area contributed by atoms with E-state index in [9.17, 15) is 9.59 Å². The van der Waals surface area contributed by atoms with Crippen molar-refractivity contribution in [3.8, 4) is 5.75 Å². The maximum atomic E-state index is 11.6. The summed E-state index contributed by atoms with van der Waals surface area (Å²) in [6, 6.07) is 5.70. The van der Waals surface area contributed by atoms with Gasteiger partial charge in [-0.3, -0.25) is 14.5 Å². The lowest BCUT2D eigenvalue weighted by atomic mass is 10.1. The molecule has 1 aromatic carbocycles. The summed E-state index contributed by atoms with van der Waals surface area (Å²) in [7, 11) is 1.60. The van der Waals surface area contributed by atoms with E-state index in [2.05, 4.69) is 0 Å². The average molecular weight is 317 g/mol. The molecule has 6 nitrogen and oxygen atoms in total. The number of methoxy groups -OCH3 is 1. The van der Waals surface area contributed by atoms with Crippen LogP contribution in [0, 0.1) is 0 Å². The molecule has 0 aromatic heterocycles. The lowest BCUT2D eigenvalue weighted by Crippen LogP contribution is -2.28. The molecule has 0 saturated carbocycles. The number of benzene rings is 1. The molecule has 2 aliphatic rings. The first kappa shape index (κ1) is 15.7. The van der Waals surface area contributed by atoms with Crippen LogP contribution in [-0.2, 0) is 19.1 Å². The van der Waals surface area contributed by atoms with E-state index < -0.39 is 0 Å². The first-order valence-electron chi connectivity index (χ1n) is 7.60. The summed E-state index contributed by atoms with van der Waals surface area (Å²) < 4.78 is 16.3. The van der Waals surface area contributed by atoms with Crippen LogP contribution in [0.15, 0.2) is 24.3 Å². The predicted octanol–water partition coefficient (Wildman–Crippen LogP) is 1.90. The summed E-state index contributed by atoms with van der Waals surface area (Å²) in [6.07, 6.45) is 3.92. The Bertz CT molecular complexity index is 618. The Kier molecular flexibility index (Phi) is 4.73. The molecule has 0 unspecified atom stereocenters. The van der Waals surface area contributed by atoms with E-state index >= 15 is 0 Å². The number of carbonyl (C=O) groups excluding carboxylic acids is 2. The van der Waals surface area contributed by atoms with E-state index in [-0.39, 0.29) is 24.6 Å². The van der Waals surface area contributed by atoms with Gasteiger partial charge in [0.15, 0.2) is 6.29 Å². The second kappa shape index (κ2) is 6.93. The van der Waals surface area contributed by atoms with Crippen molar-refractivity contribution in [1.29, 1.82) is 0 Å². The molecule has 0 atom stereocenters. The minimum Gasteiger partial charge on any atom is -0.496 e. The lowest BCUT2D eigenvalue weighted by molar-refractivity contribution is -0.137. The zero-order valence-electron chi connectivity index (χ0n) is 13.0. The molecular weight excluding hydrogens is 298 g/mol. The van der Waals surface area contributed by atoms with E-state index in [0.29, 0.717) is 31.8 Å². The van der Waals surface area contributed by atoms with Crippen molar-refractivity contribution in [2.75, 3.05) is 26.9 Å². The number of carbonyl (C=O) groups is 2. The topological polar surface area (TPSA) is 65.1 Å². The van der Waals surface area contributed by atoms with Crippen LogP contribution in [-0.4, -0.2) is 43.6 Å². The largest absolute Gasteiger partial charge is 0.496 e. The SMILES string of the molecule is COc1cc(C2OCCO2)ccc1C=CCN1C(=O)CCC1=O. The average Bonchev–Trinajstić information content (AvgIpc) is 3.20. The van der Waals surface area contributed by atoms with Gasteiger partial charge in [0.1, 0.15) is 5.75 Å². The number of likely N-dealkylation sites (tertiary alicyclic amines) is 1. The minimum absolute atomic E-state index is 0.113. The quantitative estimate of drug-likeness (QED) is 0.776. The van der Waals surface area contributed by atoms with E-state index in [4.69, 9.17) is 14.2 Å². The van der Waals surface area contributed by atoms with Gasteiger partial charge in [-0.1, -0.05) is 24.3 Å². The molecule has 0 N–H and O–H groups in total. The monoisotopic (exact) mass is 317 g/mol. The number of hydrogen-bond donors (Lipinski definition) is 0. The van der Waals surface area contributed by atoms with Crippen molar-refractivity contribution in [1.82, 2.24) is 4.90 Å². The van der Waals surface area contributed by atoms with Gasteiger partial charge in [0.05, 0.1) is 20.3 Å². The predicted molar refractivity (Wildman–Crippen MR) is 82.6 cm³/mol. The summed E-state index contributed by atoms with van der Waals surface area (Å²) in [5, 5.41) is 0. The molecule has 0 aliphatic carbocycles. The molecule has 2 amide bonds. The highest BCUT2D eigenvalue weighted by Crippen LogP contribution is 2.29. The maximum absolute atomic E-state index is 11.6. The molecule has 0 bridgehead atoms. The van der Waals surface area contributed by atoms with Crippen LogP contribution in [0.3, 0.4) is 0 Å². The Labute approximate surface area is 134 Å². The van der Waals surface area contributed by atoms with Crippen LogP contribution < -0.4 is 4.74 Å². The van der Waals surface area contributed by atoms with Crippen molar-refractivity contribution < 1.29 is 23.8 Å². The Hall–Kier alpha value is -2.18. The molecule has 3 rings (SSSR count). The van der Waals surface area contributed by atoms with Crippen LogP contribution >= 0.6 is 0 Å². The van der Waals surface area contributed by atoms with Gasteiger partial charge < -0.3 is 14.2 Å². The van der Waals surface area contributed by atoms with Gasteiger partial charge in [0.25, 0.3) is 0 Å². The molecule has 23 heavy (non-hydrogen) atoms. The molecule has 2 aliphatic heterocycles. The van der Waals surface area contributed by atoms with E-state index in [1.54, 1.807) is 13.2 Å². The van der Waals surface area contributed by atoms with Gasteiger partial charge >= 0.3 is 0 Å². The van der Waals surface area contributed by atoms with Crippen LogP contribution in [0.4, 0.5) is 0 Å². The van der Waals surface area contributed by atoms with Crippen LogP contribution in [0.1, 0.15) is 30.3 Å². The number of rotatable bonds is 5. The molecule has 0 radical (unpaired) electrons.